The maximum Gasteiger partial charge on any atom is 0.223 e. The van der Waals surface area contributed by atoms with Crippen LogP contribution in [0.4, 0.5) is 14.7 Å². The van der Waals surface area contributed by atoms with Crippen LogP contribution >= 0.6 is 0 Å². The van der Waals surface area contributed by atoms with Crippen molar-refractivity contribution in [3.05, 3.63) is 71.8 Å². The fourth-order valence-electron chi connectivity index (χ4n) is 4.10. The lowest BCUT2D eigenvalue weighted by Crippen LogP contribution is -2.33. The molecule has 1 fully saturated rings. The summed E-state index contributed by atoms with van der Waals surface area (Å²) < 4.78 is 27.0. The Hall–Kier alpha value is -2.93. The van der Waals surface area contributed by atoms with Gasteiger partial charge in [-0.15, -0.1) is 0 Å². The minimum Gasteiger partial charge on any atom is -0.352 e. The van der Waals surface area contributed by atoms with E-state index in [0.29, 0.717) is 18.1 Å². The summed E-state index contributed by atoms with van der Waals surface area (Å²) in [6.07, 6.45) is 7.32. The summed E-state index contributed by atoms with van der Waals surface area (Å²) in [5, 5.41) is 3.30. The van der Waals surface area contributed by atoms with E-state index in [1.807, 2.05) is 24.5 Å². The van der Waals surface area contributed by atoms with Gasteiger partial charge in [-0.2, -0.15) is 0 Å². The maximum atomic E-state index is 13.5. The Balaban J connectivity index is 1.52. The molecular formula is C24H27F2N5. The molecule has 5 nitrogen and oxygen atoms in total. The minimum absolute atomic E-state index is 0.241. The Kier molecular flexibility index (Phi) is 6.51. The van der Waals surface area contributed by atoms with Gasteiger partial charge < -0.3 is 5.32 Å². The summed E-state index contributed by atoms with van der Waals surface area (Å²) in [5.74, 6) is -0.143. The second-order valence-electron chi connectivity index (χ2n) is 8.36. The van der Waals surface area contributed by atoms with E-state index in [1.54, 1.807) is 6.20 Å². The fourth-order valence-corrected chi connectivity index (χ4v) is 4.10. The lowest BCUT2D eigenvalue weighted by Gasteiger charge is -2.32. The van der Waals surface area contributed by atoms with E-state index in [1.165, 1.54) is 12.1 Å². The number of hydrogen-bond acceptors (Lipinski definition) is 5. The third kappa shape index (κ3) is 5.41. The predicted octanol–water partition coefficient (Wildman–Crippen LogP) is 5.02. The van der Waals surface area contributed by atoms with Crippen molar-refractivity contribution in [2.24, 2.45) is 0 Å². The Morgan fingerprint density at radius 3 is 2.48 bits per heavy atom. The number of halogens is 2. The summed E-state index contributed by atoms with van der Waals surface area (Å²) in [5.41, 5.74) is 3.71. The van der Waals surface area contributed by atoms with Gasteiger partial charge in [-0.3, -0.25) is 9.88 Å². The van der Waals surface area contributed by atoms with Crippen LogP contribution in [0.25, 0.3) is 11.1 Å². The zero-order valence-corrected chi connectivity index (χ0v) is 17.9. The highest BCUT2D eigenvalue weighted by molar-refractivity contribution is 5.65. The molecular weight excluding hydrogens is 396 g/mol. The molecule has 162 valence electrons. The smallest absolute Gasteiger partial charge is 0.223 e. The Labute approximate surface area is 181 Å². The normalized spacial score (nSPS) is 15.4. The minimum atomic E-state index is -0.530. The van der Waals surface area contributed by atoms with Gasteiger partial charge in [-0.1, -0.05) is 6.07 Å². The molecule has 0 unspecified atom stereocenters. The second kappa shape index (κ2) is 9.47. The first-order valence-corrected chi connectivity index (χ1v) is 10.7. The van der Waals surface area contributed by atoms with Gasteiger partial charge in [0.25, 0.3) is 0 Å². The van der Waals surface area contributed by atoms with Gasteiger partial charge in [-0.25, -0.2) is 18.7 Å². The molecule has 1 aliphatic rings. The highest BCUT2D eigenvalue weighted by Crippen LogP contribution is 2.34. The second-order valence-corrected chi connectivity index (χ2v) is 8.36. The molecule has 1 aliphatic heterocycles. The topological polar surface area (TPSA) is 53.9 Å². The molecule has 7 heteroatoms. The molecule has 0 bridgehead atoms. The van der Waals surface area contributed by atoms with Crippen LogP contribution < -0.4 is 5.32 Å². The highest BCUT2D eigenvalue weighted by atomic mass is 19.1. The number of hydrogen-bond donors (Lipinski definition) is 1. The summed E-state index contributed by atoms with van der Waals surface area (Å²) in [6.45, 7) is 6.34. The fraction of sp³-hybridized carbons (Fsp3) is 0.375. The van der Waals surface area contributed by atoms with Crippen LogP contribution in [-0.4, -0.2) is 39.0 Å². The molecule has 0 spiro atoms. The van der Waals surface area contributed by atoms with Gasteiger partial charge in [-0.05, 0) is 63.5 Å². The van der Waals surface area contributed by atoms with Crippen LogP contribution in [-0.2, 0) is 6.54 Å². The first-order valence-electron chi connectivity index (χ1n) is 10.7. The number of aromatic nitrogens is 3. The Morgan fingerprint density at radius 2 is 1.84 bits per heavy atom. The number of anilines is 1. The van der Waals surface area contributed by atoms with E-state index in [0.717, 1.165) is 48.8 Å². The van der Waals surface area contributed by atoms with Gasteiger partial charge >= 0.3 is 0 Å². The molecule has 31 heavy (non-hydrogen) atoms. The van der Waals surface area contributed by atoms with E-state index in [-0.39, 0.29) is 12.0 Å². The lowest BCUT2D eigenvalue weighted by molar-refractivity contribution is 0.203. The number of piperidine rings is 1. The molecule has 1 aromatic carbocycles. The van der Waals surface area contributed by atoms with Crippen LogP contribution in [0.3, 0.4) is 0 Å². The summed E-state index contributed by atoms with van der Waals surface area (Å²) in [6, 6.07) is 7.91. The van der Waals surface area contributed by atoms with Gasteiger partial charge in [0.1, 0.15) is 11.6 Å². The summed E-state index contributed by atoms with van der Waals surface area (Å²) in [7, 11) is 0. The quantitative estimate of drug-likeness (QED) is 0.604. The monoisotopic (exact) mass is 423 g/mol. The van der Waals surface area contributed by atoms with Crippen molar-refractivity contribution in [1.29, 1.82) is 0 Å². The number of pyridine rings is 1. The average Bonchev–Trinajstić information content (AvgIpc) is 2.74. The molecule has 0 radical (unpaired) electrons. The summed E-state index contributed by atoms with van der Waals surface area (Å²) >= 11 is 0. The molecule has 4 rings (SSSR count). The van der Waals surface area contributed by atoms with Crippen molar-refractivity contribution >= 4 is 5.95 Å². The zero-order chi connectivity index (χ0) is 21.8. The van der Waals surface area contributed by atoms with E-state index >= 15 is 0 Å². The van der Waals surface area contributed by atoms with Crippen molar-refractivity contribution in [3.63, 3.8) is 0 Å². The zero-order valence-electron chi connectivity index (χ0n) is 17.9. The number of rotatable bonds is 6. The van der Waals surface area contributed by atoms with Crippen LogP contribution in [0, 0.1) is 11.6 Å². The van der Waals surface area contributed by atoms with Gasteiger partial charge in [0.15, 0.2) is 0 Å². The number of benzene rings is 1. The molecule has 3 aromatic rings. The predicted molar refractivity (Wildman–Crippen MR) is 118 cm³/mol. The third-order valence-electron chi connectivity index (χ3n) is 5.51. The van der Waals surface area contributed by atoms with Gasteiger partial charge in [0.2, 0.25) is 5.95 Å². The molecule has 1 N–H and O–H groups in total. The van der Waals surface area contributed by atoms with E-state index in [2.05, 4.69) is 34.0 Å². The van der Waals surface area contributed by atoms with Gasteiger partial charge in [0.05, 0.1) is 5.69 Å². The largest absolute Gasteiger partial charge is 0.352 e. The third-order valence-corrected chi connectivity index (χ3v) is 5.51. The van der Waals surface area contributed by atoms with Crippen LogP contribution in [0.2, 0.25) is 0 Å². The molecule has 2 aromatic heterocycles. The average molecular weight is 424 g/mol. The van der Waals surface area contributed by atoms with E-state index in [4.69, 9.17) is 4.98 Å². The lowest BCUT2D eigenvalue weighted by atomic mass is 9.89. The number of likely N-dealkylation sites (tertiary alicyclic amines) is 1. The number of nitrogens with one attached hydrogen (secondary N) is 1. The first-order chi connectivity index (χ1) is 15.0. The Morgan fingerprint density at radius 1 is 1.10 bits per heavy atom. The van der Waals surface area contributed by atoms with Gasteiger partial charge in [0, 0.05) is 54.3 Å². The highest BCUT2D eigenvalue weighted by Gasteiger charge is 2.25. The van der Waals surface area contributed by atoms with E-state index < -0.39 is 11.6 Å². The van der Waals surface area contributed by atoms with Crippen molar-refractivity contribution in [2.75, 3.05) is 18.4 Å². The first kappa shape index (κ1) is 21.3. The van der Waals surface area contributed by atoms with E-state index in [9.17, 15) is 8.78 Å². The van der Waals surface area contributed by atoms with Crippen molar-refractivity contribution in [3.8, 4) is 11.1 Å². The summed E-state index contributed by atoms with van der Waals surface area (Å²) in [4.78, 5) is 15.9. The van der Waals surface area contributed by atoms with Crippen molar-refractivity contribution in [1.82, 2.24) is 19.9 Å². The molecule has 3 heterocycles. The molecule has 0 aliphatic carbocycles. The molecule has 0 atom stereocenters. The van der Waals surface area contributed by atoms with Crippen LogP contribution in [0.5, 0.6) is 0 Å². The number of nitrogens with zero attached hydrogens (tertiary/aromatic N) is 4. The molecule has 1 saturated heterocycles. The van der Waals surface area contributed by atoms with Crippen LogP contribution in [0.15, 0.2) is 48.9 Å². The SMILES string of the molecule is CC(C)Nc1ncc(-c2cccnc2)c(C2CCN(Cc3cc(F)cc(F)c3)CC2)n1. The van der Waals surface area contributed by atoms with Crippen molar-refractivity contribution in [2.45, 2.75) is 45.2 Å². The molecule has 0 amide bonds. The maximum absolute atomic E-state index is 13.5. The Bertz CT molecular complexity index is 997. The van der Waals surface area contributed by atoms with Crippen LogP contribution in [0.1, 0.15) is 43.9 Å². The standard InChI is InChI=1S/C24H27F2N5/c1-16(2)29-24-28-14-22(19-4-3-7-27-13-19)23(30-24)18-5-8-31(9-6-18)15-17-10-20(25)12-21(26)11-17/h3-4,7,10-14,16,18H,5-6,8-9,15H2,1-2H3,(H,28,29,30). The molecule has 0 saturated carbocycles. The van der Waals surface area contributed by atoms with Crippen molar-refractivity contribution < 1.29 is 8.78 Å².